The van der Waals surface area contributed by atoms with Crippen LogP contribution in [0.4, 0.5) is 0 Å². The van der Waals surface area contributed by atoms with E-state index in [2.05, 4.69) is 21.2 Å². The van der Waals surface area contributed by atoms with Gasteiger partial charge in [0.15, 0.2) is 0 Å². The lowest BCUT2D eigenvalue weighted by atomic mass is 10.1. The molecule has 0 atom stereocenters. The molecule has 27 heavy (non-hydrogen) atoms. The second kappa shape index (κ2) is 9.54. The first-order chi connectivity index (χ1) is 13.2. The summed E-state index contributed by atoms with van der Waals surface area (Å²) in [5, 5.41) is 12.2. The fourth-order valence-corrected chi connectivity index (χ4v) is 3.67. The molecule has 1 aliphatic rings. The Bertz CT molecular complexity index is 860. The number of carbonyl (C=O) groups excluding carboxylic acids is 1. The molecule has 2 heterocycles. The SMILES string of the molecule is N#C/C(=C/c1ccc(-c2cccc(Br)c2)o1)C(=O)NCC[NH+]1CCCCC1. The highest BCUT2D eigenvalue weighted by atomic mass is 79.9. The van der Waals surface area contributed by atoms with E-state index < -0.39 is 0 Å². The Kier molecular flexibility index (Phi) is 6.86. The Balaban J connectivity index is 1.60. The summed E-state index contributed by atoms with van der Waals surface area (Å²) in [7, 11) is 0. The number of hydrogen-bond acceptors (Lipinski definition) is 3. The summed E-state index contributed by atoms with van der Waals surface area (Å²) in [4.78, 5) is 13.8. The third-order valence-electron chi connectivity index (χ3n) is 4.71. The Morgan fingerprint density at radius 2 is 2.07 bits per heavy atom. The highest BCUT2D eigenvalue weighted by Crippen LogP contribution is 2.25. The van der Waals surface area contributed by atoms with E-state index in [-0.39, 0.29) is 11.5 Å². The van der Waals surface area contributed by atoms with Gasteiger partial charge in [-0.15, -0.1) is 0 Å². The molecule has 6 heteroatoms. The van der Waals surface area contributed by atoms with Gasteiger partial charge in [-0.25, -0.2) is 0 Å². The fourth-order valence-electron chi connectivity index (χ4n) is 3.27. The molecule has 1 fully saturated rings. The van der Waals surface area contributed by atoms with Crippen LogP contribution in [-0.2, 0) is 4.79 Å². The van der Waals surface area contributed by atoms with Crippen LogP contribution in [0, 0.1) is 11.3 Å². The van der Waals surface area contributed by atoms with Gasteiger partial charge in [0, 0.05) is 16.1 Å². The van der Waals surface area contributed by atoms with Crippen LogP contribution in [0.2, 0.25) is 0 Å². The Morgan fingerprint density at radius 3 is 2.81 bits per heavy atom. The van der Waals surface area contributed by atoms with Crippen molar-refractivity contribution in [1.29, 1.82) is 5.26 Å². The van der Waals surface area contributed by atoms with E-state index in [1.165, 1.54) is 43.3 Å². The number of likely N-dealkylation sites (tertiary alicyclic amines) is 1. The van der Waals surface area contributed by atoms with Crippen molar-refractivity contribution in [3.05, 3.63) is 52.2 Å². The second-order valence-electron chi connectivity index (χ2n) is 6.70. The lowest BCUT2D eigenvalue weighted by Crippen LogP contribution is -3.13. The van der Waals surface area contributed by atoms with E-state index in [0.29, 0.717) is 18.1 Å². The largest absolute Gasteiger partial charge is 0.457 e. The molecule has 2 aromatic rings. The summed E-state index contributed by atoms with van der Waals surface area (Å²) in [6.45, 7) is 3.82. The molecule has 1 aliphatic heterocycles. The van der Waals surface area contributed by atoms with Gasteiger partial charge in [0.2, 0.25) is 0 Å². The molecule has 0 aliphatic carbocycles. The van der Waals surface area contributed by atoms with Crippen molar-refractivity contribution in [2.24, 2.45) is 0 Å². The average molecular weight is 429 g/mol. The summed E-state index contributed by atoms with van der Waals surface area (Å²) < 4.78 is 6.73. The van der Waals surface area contributed by atoms with E-state index in [1.54, 1.807) is 6.07 Å². The molecule has 1 saturated heterocycles. The van der Waals surface area contributed by atoms with Crippen molar-refractivity contribution < 1.29 is 14.1 Å². The fraction of sp³-hybridized carbons (Fsp3) is 0.333. The first-order valence-corrected chi connectivity index (χ1v) is 10.0. The molecule has 0 spiro atoms. The van der Waals surface area contributed by atoms with Crippen molar-refractivity contribution in [3.8, 4) is 17.4 Å². The number of carbonyl (C=O) groups is 1. The number of furan rings is 1. The van der Waals surface area contributed by atoms with Gasteiger partial charge < -0.3 is 14.6 Å². The predicted molar refractivity (Wildman–Crippen MR) is 108 cm³/mol. The molecular formula is C21H23BrN3O2+. The lowest BCUT2D eigenvalue weighted by molar-refractivity contribution is -0.903. The molecule has 2 N–H and O–H groups in total. The first-order valence-electron chi connectivity index (χ1n) is 9.25. The Morgan fingerprint density at radius 1 is 1.26 bits per heavy atom. The van der Waals surface area contributed by atoms with Gasteiger partial charge in [-0.05, 0) is 43.5 Å². The third kappa shape index (κ3) is 5.56. The minimum absolute atomic E-state index is 0.0544. The normalized spacial score (nSPS) is 15.3. The molecule has 0 bridgehead atoms. The van der Waals surface area contributed by atoms with Crippen molar-refractivity contribution in [2.75, 3.05) is 26.2 Å². The van der Waals surface area contributed by atoms with E-state index in [9.17, 15) is 10.1 Å². The van der Waals surface area contributed by atoms with Gasteiger partial charge in [-0.2, -0.15) is 5.26 Å². The van der Waals surface area contributed by atoms with Crippen molar-refractivity contribution in [1.82, 2.24) is 5.32 Å². The summed E-state index contributed by atoms with van der Waals surface area (Å²) in [5.41, 5.74) is 0.982. The average Bonchev–Trinajstić information content (AvgIpc) is 3.15. The highest BCUT2D eigenvalue weighted by molar-refractivity contribution is 9.10. The van der Waals surface area contributed by atoms with E-state index in [1.807, 2.05) is 36.4 Å². The van der Waals surface area contributed by atoms with Gasteiger partial charge in [-0.3, -0.25) is 4.79 Å². The number of quaternary nitrogens is 1. The lowest BCUT2D eigenvalue weighted by Gasteiger charge is -2.23. The zero-order valence-corrected chi connectivity index (χ0v) is 16.7. The monoisotopic (exact) mass is 428 g/mol. The minimum atomic E-state index is -0.352. The van der Waals surface area contributed by atoms with E-state index in [0.717, 1.165) is 16.6 Å². The molecule has 0 radical (unpaired) electrons. The quantitative estimate of drug-likeness (QED) is 0.548. The number of nitrogens with zero attached hydrogens (tertiary/aromatic N) is 1. The smallest absolute Gasteiger partial charge is 0.262 e. The molecule has 0 saturated carbocycles. The van der Waals surface area contributed by atoms with Gasteiger partial charge in [0.25, 0.3) is 5.91 Å². The number of rotatable bonds is 6. The predicted octanol–water partition coefficient (Wildman–Crippen LogP) is 2.80. The molecule has 1 aromatic heterocycles. The number of hydrogen-bond donors (Lipinski definition) is 2. The molecule has 0 unspecified atom stereocenters. The van der Waals surface area contributed by atoms with Gasteiger partial charge in [0.05, 0.1) is 26.2 Å². The van der Waals surface area contributed by atoms with Crippen LogP contribution in [0.5, 0.6) is 0 Å². The van der Waals surface area contributed by atoms with Crippen LogP contribution in [0.3, 0.4) is 0 Å². The maximum atomic E-state index is 12.3. The highest BCUT2D eigenvalue weighted by Gasteiger charge is 2.15. The number of piperidine rings is 1. The topological polar surface area (TPSA) is 70.5 Å². The zero-order chi connectivity index (χ0) is 19.1. The zero-order valence-electron chi connectivity index (χ0n) is 15.1. The minimum Gasteiger partial charge on any atom is -0.457 e. The molecular weight excluding hydrogens is 406 g/mol. The van der Waals surface area contributed by atoms with Crippen LogP contribution < -0.4 is 10.2 Å². The maximum absolute atomic E-state index is 12.3. The molecule has 1 aromatic carbocycles. The third-order valence-corrected chi connectivity index (χ3v) is 5.21. The van der Waals surface area contributed by atoms with Crippen LogP contribution in [0.25, 0.3) is 17.4 Å². The second-order valence-corrected chi connectivity index (χ2v) is 7.61. The molecule has 1 amide bonds. The number of nitriles is 1. The summed E-state index contributed by atoms with van der Waals surface area (Å²) >= 11 is 3.44. The van der Waals surface area contributed by atoms with Crippen LogP contribution >= 0.6 is 15.9 Å². The number of amides is 1. The van der Waals surface area contributed by atoms with Gasteiger partial charge in [-0.1, -0.05) is 28.1 Å². The van der Waals surface area contributed by atoms with Crippen molar-refractivity contribution in [2.45, 2.75) is 19.3 Å². The molecule has 140 valence electrons. The van der Waals surface area contributed by atoms with Crippen LogP contribution in [0.1, 0.15) is 25.0 Å². The summed E-state index contributed by atoms with van der Waals surface area (Å²) in [5.74, 6) is 0.821. The van der Waals surface area contributed by atoms with E-state index in [4.69, 9.17) is 4.42 Å². The Hall–Kier alpha value is -2.36. The van der Waals surface area contributed by atoms with Crippen LogP contribution in [-0.4, -0.2) is 32.1 Å². The number of halogens is 1. The molecule has 3 rings (SSSR count). The van der Waals surface area contributed by atoms with Gasteiger partial charge >= 0.3 is 0 Å². The maximum Gasteiger partial charge on any atom is 0.262 e. The number of benzene rings is 1. The number of nitrogens with one attached hydrogen (secondary N) is 2. The standard InChI is InChI=1S/C21H22BrN3O2/c22-18-6-4-5-16(13-18)20-8-7-19(27-20)14-17(15-23)21(26)24-9-12-25-10-2-1-3-11-25/h4-8,13-14H,1-3,9-12H2,(H,24,26)/p+1/b17-14-. The van der Waals surface area contributed by atoms with Crippen molar-refractivity contribution in [3.63, 3.8) is 0 Å². The van der Waals surface area contributed by atoms with E-state index >= 15 is 0 Å². The first kappa shape index (κ1) is 19.4. The summed E-state index contributed by atoms with van der Waals surface area (Å²) in [6, 6.07) is 13.3. The Labute approximate surface area is 167 Å². The van der Waals surface area contributed by atoms with Gasteiger partial charge in [0.1, 0.15) is 23.2 Å². The summed E-state index contributed by atoms with van der Waals surface area (Å²) in [6.07, 6.45) is 5.31. The molecule has 5 nitrogen and oxygen atoms in total. The van der Waals surface area contributed by atoms with Crippen molar-refractivity contribution >= 4 is 27.9 Å². The van der Waals surface area contributed by atoms with Crippen LogP contribution in [0.15, 0.2) is 50.9 Å².